The maximum absolute atomic E-state index is 12.5. The molecule has 0 radical (unpaired) electrons. The summed E-state index contributed by atoms with van der Waals surface area (Å²) in [7, 11) is 0. The summed E-state index contributed by atoms with van der Waals surface area (Å²) in [5.41, 5.74) is 7.79. The van der Waals surface area contributed by atoms with Gasteiger partial charge >= 0.3 is 0 Å². The van der Waals surface area contributed by atoms with Crippen molar-refractivity contribution in [3.05, 3.63) is 82.8 Å². The highest BCUT2D eigenvalue weighted by Crippen LogP contribution is 2.27. The first kappa shape index (κ1) is 17.6. The molecule has 28 heavy (non-hydrogen) atoms. The minimum atomic E-state index is -0.422. The highest BCUT2D eigenvalue weighted by Gasteiger charge is 2.15. The van der Waals surface area contributed by atoms with Gasteiger partial charge in [0.15, 0.2) is 0 Å². The third kappa shape index (κ3) is 3.64. The normalized spacial score (nSPS) is 10.4. The fraction of sp³-hybridized carbons (Fsp3) is 0. The quantitative estimate of drug-likeness (QED) is 0.521. The maximum Gasteiger partial charge on any atom is 0.280 e. The van der Waals surface area contributed by atoms with Gasteiger partial charge in [-0.2, -0.15) is 0 Å². The van der Waals surface area contributed by atoms with Crippen LogP contribution in [0.4, 0.5) is 0 Å². The molecule has 0 atom stereocenters. The summed E-state index contributed by atoms with van der Waals surface area (Å²) in [4.78, 5) is 25.3. The number of amides is 2. The lowest BCUT2D eigenvalue weighted by atomic mass is 10.1. The Morgan fingerprint density at radius 3 is 2.36 bits per heavy atom. The van der Waals surface area contributed by atoms with E-state index in [2.05, 4.69) is 26.4 Å². The van der Waals surface area contributed by atoms with E-state index in [1.54, 1.807) is 24.3 Å². The zero-order valence-electron chi connectivity index (χ0n) is 14.4. The van der Waals surface area contributed by atoms with Crippen molar-refractivity contribution < 1.29 is 9.59 Å². The number of rotatable bonds is 4. The number of carbonyl (C=O) groups is 2. The molecule has 0 aliphatic carbocycles. The fourth-order valence-corrected chi connectivity index (χ4v) is 3.43. The van der Waals surface area contributed by atoms with Crippen LogP contribution in [0.5, 0.6) is 0 Å². The second-order valence-corrected chi connectivity index (χ2v) is 6.66. The van der Waals surface area contributed by atoms with Crippen molar-refractivity contribution in [3.63, 3.8) is 0 Å². The Morgan fingerprint density at radius 2 is 1.64 bits per heavy atom. The van der Waals surface area contributed by atoms with Crippen LogP contribution in [0.2, 0.25) is 0 Å². The average Bonchev–Trinajstić information content (AvgIpc) is 3.45. The van der Waals surface area contributed by atoms with Crippen LogP contribution in [-0.2, 0) is 0 Å². The summed E-state index contributed by atoms with van der Waals surface area (Å²) in [5, 5.41) is 12.8. The summed E-state index contributed by atoms with van der Waals surface area (Å²) in [5.74, 6) is -0.790. The molecular weight excluding hydrogens is 376 g/mol. The molecule has 138 valence electrons. The molecule has 9 heteroatoms. The molecule has 0 spiro atoms. The van der Waals surface area contributed by atoms with Gasteiger partial charge in [0.05, 0.1) is 5.69 Å². The van der Waals surface area contributed by atoms with Gasteiger partial charge in [-0.3, -0.25) is 20.4 Å². The fourth-order valence-electron chi connectivity index (χ4n) is 2.62. The maximum atomic E-state index is 12.5. The van der Waals surface area contributed by atoms with Crippen LogP contribution in [-0.4, -0.2) is 32.0 Å². The third-order valence-corrected chi connectivity index (χ3v) is 4.90. The average molecular weight is 390 g/mol. The first-order valence-corrected chi connectivity index (χ1v) is 9.17. The highest BCUT2D eigenvalue weighted by atomic mass is 32.1. The van der Waals surface area contributed by atoms with E-state index in [0.29, 0.717) is 10.4 Å². The summed E-state index contributed by atoms with van der Waals surface area (Å²) < 4.78 is 1.48. The Bertz CT molecular complexity index is 1090. The van der Waals surface area contributed by atoms with Gasteiger partial charge in [-0.1, -0.05) is 30.3 Å². The molecule has 0 saturated heterocycles. The number of nitrogens with one attached hydrogen (secondary N) is 2. The van der Waals surface area contributed by atoms with Crippen LogP contribution in [0, 0.1) is 0 Å². The first-order chi connectivity index (χ1) is 13.7. The molecule has 2 N–H and O–H groups in total. The van der Waals surface area contributed by atoms with E-state index in [4.69, 9.17) is 0 Å². The number of hydrogen-bond acceptors (Lipinski definition) is 6. The number of carbonyl (C=O) groups excluding carboxylic acids is 2. The number of nitrogens with zero attached hydrogens (tertiary/aromatic N) is 4. The van der Waals surface area contributed by atoms with Gasteiger partial charge in [-0.05, 0) is 51.7 Å². The minimum Gasteiger partial charge on any atom is -0.267 e. The second kappa shape index (κ2) is 7.80. The lowest BCUT2D eigenvalue weighted by Gasteiger charge is -2.08. The summed E-state index contributed by atoms with van der Waals surface area (Å²) in [6.07, 6.45) is 1.46. The van der Waals surface area contributed by atoms with E-state index in [1.165, 1.54) is 22.3 Å². The van der Waals surface area contributed by atoms with E-state index < -0.39 is 5.91 Å². The van der Waals surface area contributed by atoms with E-state index in [-0.39, 0.29) is 5.91 Å². The Labute approximate surface area is 163 Å². The Hall–Kier alpha value is -3.85. The van der Waals surface area contributed by atoms with Gasteiger partial charge in [-0.15, -0.1) is 16.4 Å². The molecule has 4 rings (SSSR count). The van der Waals surface area contributed by atoms with Crippen molar-refractivity contribution in [1.29, 1.82) is 0 Å². The number of tetrazole rings is 1. The van der Waals surface area contributed by atoms with E-state index >= 15 is 0 Å². The van der Waals surface area contributed by atoms with Crippen molar-refractivity contribution in [1.82, 2.24) is 31.1 Å². The number of aromatic nitrogens is 4. The van der Waals surface area contributed by atoms with Crippen LogP contribution in [0.25, 0.3) is 16.8 Å². The van der Waals surface area contributed by atoms with Crippen molar-refractivity contribution in [3.8, 4) is 16.8 Å². The van der Waals surface area contributed by atoms with Crippen LogP contribution in [0.3, 0.4) is 0 Å². The zero-order chi connectivity index (χ0) is 19.3. The molecule has 0 aliphatic rings. The predicted molar refractivity (Wildman–Crippen MR) is 104 cm³/mol. The Balaban J connectivity index is 1.42. The third-order valence-electron chi connectivity index (χ3n) is 3.99. The van der Waals surface area contributed by atoms with Gasteiger partial charge in [0, 0.05) is 11.1 Å². The van der Waals surface area contributed by atoms with Crippen molar-refractivity contribution >= 4 is 23.2 Å². The standard InChI is InChI=1S/C19H14N6O2S/c26-18(14-6-8-15(9-7-14)25-12-20-23-24-25)21-22-19(27)17-16(10-11-28-17)13-4-2-1-3-5-13/h1-12H,(H,21,26)(H,22,27). The number of thiophene rings is 1. The molecule has 2 aromatic heterocycles. The molecule has 2 heterocycles. The minimum absolute atomic E-state index is 0.368. The number of benzene rings is 2. The summed E-state index contributed by atoms with van der Waals surface area (Å²) >= 11 is 1.32. The molecule has 8 nitrogen and oxygen atoms in total. The van der Waals surface area contributed by atoms with Crippen LogP contribution >= 0.6 is 11.3 Å². The largest absolute Gasteiger partial charge is 0.280 e. The van der Waals surface area contributed by atoms with Crippen LogP contribution < -0.4 is 10.9 Å². The molecule has 4 aromatic rings. The van der Waals surface area contributed by atoms with Gasteiger partial charge in [0.2, 0.25) is 0 Å². The van der Waals surface area contributed by atoms with Crippen molar-refractivity contribution in [2.24, 2.45) is 0 Å². The molecule has 0 saturated carbocycles. The van der Waals surface area contributed by atoms with Gasteiger partial charge in [-0.25, -0.2) is 4.68 Å². The van der Waals surface area contributed by atoms with Crippen molar-refractivity contribution in [2.75, 3.05) is 0 Å². The first-order valence-electron chi connectivity index (χ1n) is 8.29. The number of hydrazine groups is 1. The molecule has 0 fully saturated rings. The smallest absolute Gasteiger partial charge is 0.267 e. The lowest BCUT2D eigenvalue weighted by molar-refractivity contribution is 0.0849. The predicted octanol–water partition coefficient (Wildman–Crippen LogP) is 2.47. The SMILES string of the molecule is O=C(NNC(=O)c1sccc1-c1ccccc1)c1ccc(-n2cnnn2)cc1. The molecule has 2 amide bonds. The van der Waals surface area contributed by atoms with Crippen molar-refractivity contribution in [2.45, 2.75) is 0 Å². The Morgan fingerprint density at radius 1 is 0.893 bits per heavy atom. The monoisotopic (exact) mass is 390 g/mol. The van der Waals surface area contributed by atoms with Crippen LogP contribution in [0.15, 0.2) is 72.4 Å². The summed E-state index contributed by atoms with van der Waals surface area (Å²) in [6, 6.07) is 18.2. The molecular formula is C19H14N6O2S. The van der Waals surface area contributed by atoms with Crippen LogP contribution in [0.1, 0.15) is 20.0 Å². The highest BCUT2D eigenvalue weighted by molar-refractivity contribution is 7.12. The Kier molecular flexibility index (Phi) is 4.89. The molecule has 2 aromatic carbocycles. The molecule has 0 unspecified atom stereocenters. The van der Waals surface area contributed by atoms with Gasteiger partial charge in [0.25, 0.3) is 11.8 Å². The summed E-state index contributed by atoms with van der Waals surface area (Å²) in [6.45, 7) is 0. The van der Waals surface area contributed by atoms with Gasteiger partial charge < -0.3 is 0 Å². The zero-order valence-corrected chi connectivity index (χ0v) is 15.3. The van der Waals surface area contributed by atoms with Gasteiger partial charge in [0.1, 0.15) is 11.2 Å². The lowest BCUT2D eigenvalue weighted by Crippen LogP contribution is -2.41. The van der Waals surface area contributed by atoms with E-state index in [0.717, 1.165) is 16.8 Å². The van der Waals surface area contributed by atoms with E-state index in [9.17, 15) is 9.59 Å². The number of hydrogen-bond donors (Lipinski definition) is 2. The molecule has 0 bridgehead atoms. The second-order valence-electron chi connectivity index (χ2n) is 5.74. The topological polar surface area (TPSA) is 102 Å². The van der Waals surface area contributed by atoms with E-state index in [1.807, 2.05) is 41.8 Å². The molecule has 0 aliphatic heterocycles.